The highest BCUT2D eigenvalue weighted by molar-refractivity contribution is 9.10. The number of nitrogens with two attached hydrogens (primary N) is 1. The highest BCUT2D eigenvalue weighted by Crippen LogP contribution is 2.27. The van der Waals surface area contributed by atoms with Crippen LogP contribution in [-0.2, 0) is 16.6 Å². The average molecular weight is 533 g/mol. The Labute approximate surface area is 202 Å². The summed E-state index contributed by atoms with van der Waals surface area (Å²) in [5, 5.41) is 13.0. The van der Waals surface area contributed by atoms with Crippen LogP contribution >= 0.6 is 27.7 Å². The van der Waals surface area contributed by atoms with Crippen LogP contribution in [0.1, 0.15) is 5.56 Å². The molecule has 33 heavy (non-hydrogen) atoms. The summed E-state index contributed by atoms with van der Waals surface area (Å²) in [5.41, 5.74) is 9.14. The van der Waals surface area contributed by atoms with Gasteiger partial charge in [-0.05, 0) is 35.9 Å². The zero-order chi connectivity index (χ0) is 23.8. The first kappa shape index (κ1) is 24.3. The summed E-state index contributed by atoms with van der Waals surface area (Å²) in [5.74, 6) is 0.718. The van der Waals surface area contributed by atoms with E-state index in [1.807, 2.05) is 35.9 Å². The van der Waals surface area contributed by atoms with Crippen molar-refractivity contribution in [3.05, 3.63) is 52.5 Å². The molecule has 0 saturated heterocycles. The molecule has 0 bridgehead atoms. The molecule has 10 nitrogen and oxygen atoms in total. The third-order valence-corrected chi connectivity index (χ3v) is 5.72. The van der Waals surface area contributed by atoms with E-state index in [0.29, 0.717) is 28.0 Å². The smallest absolute Gasteiger partial charge is 0.255 e. The number of benzene rings is 2. The van der Waals surface area contributed by atoms with Gasteiger partial charge in [0.15, 0.2) is 29.1 Å². The zero-order valence-electron chi connectivity index (χ0n) is 17.8. The molecule has 2 amide bonds. The van der Waals surface area contributed by atoms with E-state index in [2.05, 4.69) is 36.7 Å². The van der Waals surface area contributed by atoms with Gasteiger partial charge in [-0.15, -0.1) is 10.2 Å². The first-order valence-corrected chi connectivity index (χ1v) is 11.3. The van der Waals surface area contributed by atoms with Crippen LogP contribution in [0.5, 0.6) is 11.5 Å². The van der Waals surface area contributed by atoms with Gasteiger partial charge in [-0.3, -0.25) is 9.59 Å². The first-order valence-electron chi connectivity index (χ1n) is 9.56. The van der Waals surface area contributed by atoms with Crippen LogP contribution in [0, 0.1) is 0 Å². The number of hydrogen-bond acceptors (Lipinski definition) is 8. The molecular weight excluding hydrogens is 512 g/mol. The fourth-order valence-electron chi connectivity index (χ4n) is 2.69. The van der Waals surface area contributed by atoms with Gasteiger partial charge in [-0.1, -0.05) is 39.8 Å². The lowest BCUT2D eigenvalue weighted by Crippen LogP contribution is -2.20. The molecule has 3 N–H and O–H groups in total. The summed E-state index contributed by atoms with van der Waals surface area (Å²) in [6.45, 7) is -0.257. The minimum absolute atomic E-state index is 0.116. The third kappa shape index (κ3) is 6.80. The number of hydrazone groups is 1. The number of aromatic nitrogens is 3. The van der Waals surface area contributed by atoms with Gasteiger partial charge >= 0.3 is 0 Å². The van der Waals surface area contributed by atoms with Crippen LogP contribution in [-0.4, -0.2) is 52.3 Å². The van der Waals surface area contributed by atoms with E-state index in [-0.39, 0.29) is 18.3 Å². The molecule has 12 heteroatoms. The van der Waals surface area contributed by atoms with Crippen LogP contribution in [0.15, 0.2) is 57.2 Å². The van der Waals surface area contributed by atoms with Crippen molar-refractivity contribution in [1.82, 2.24) is 20.2 Å². The molecule has 0 fully saturated rings. The summed E-state index contributed by atoms with van der Waals surface area (Å²) in [4.78, 5) is 23.0. The number of thioether (sulfide) groups is 1. The maximum Gasteiger partial charge on any atom is 0.255 e. The van der Waals surface area contributed by atoms with E-state index in [0.717, 1.165) is 10.0 Å². The number of hydrogen-bond donors (Lipinski definition) is 2. The number of nitrogens with zero attached hydrogens (tertiary/aromatic N) is 4. The summed E-state index contributed by atoms with van der Waals surface area (Å²) < 4.78 is 13.3. The molecule has 1 aromatic heterocycles. The predicted molar refractivity (Wildman–Crippen MR) is 128 cm³/mol. The van der Waals surface area contributed by atoms with Gasteiger partial charge < -0.3 is 19.8 Å². The lowest BCUT2D eigenvalue weighted by molar-refractivity contribution is -0.120. The molecular formula is C21H21BrN6O4S. The highest BCUT2D eigenvalue weighted by atomic mass is 79.9. The van der Waals surface area contributed by atoms with Crippen molar-refractivity contribution in [3.8, 4) is 22.9 Å². The molecule has 0 atom stereocenters. The van der Waals surface area contributed by atoms with Crippen molar-refractivity contribution < 1.29 is 19.1 Å². The van der Waals surface area contributed by atoms with Crippen LogP contribution in [0.2, 0.25) is 0 Å². The molecule has 3 aromatic rings. The topological polar surface area (TPSA) is 134 Å². The standard InChI is InChI=1S/C21H21BrN6O4S/c1-28-20(14-4-3-5-15(22)9-14)26-27-21(28)33-12-19(30)25-24-10-13-6-7-16(17(8-13)31-2)32-11-18(23)29/h3-10H,11-12H2,1-2H3,(H2,23,29)(H,25,30)/b24-10+. The summed E-state index contributed by atoms with van der Waals surface area (Å²) in [6, 6.07) is 12.7. The Balaban J connectivity index is 1.54. The highest BCUT2D eigenvalue weighted by Gasteiger charge is 2.13. The number of carbonyl (C=O) groups is 2. The Morgan fingerprint density at radius 2 is 2.06 bits per heavy atom. The normalized spacial score (nSPS) is 10.9. The van der Waals surface area contributed by atoms with Gasteiger partial charge in [0.25, 0.3) is 11.8 Å². The van der Waals surface area contributed by atoms with Crippen LogP contribution in [0.3, 0.4) is 0 Å². The van der Waals surface area contributed by atoms with Gasteiger partial charge in [0.05, 0.1) is 19.1 Å². The number of primary amides is 1. The van der Waals surface area contributed by atoms with E-state index < -0.39 is 5.91 Å². The third-order valence-electron chi connectivity index (χ3n) is 4.21. The molecule has 0 aliphatic rings. The molecule has 3 rings (SSSR count). The minimum atomic E-state index is -0.589. The van der Waals surface area contributed by atoms with Crippen LogP contribution < -0.4 is 20.6 Å². The van der Waals surface area contributed by atoms with Gasteiger partial charge in [-0.2, -0.15) is 5.10 Å². The number of nitrogens with one attached hydrogen (secondary N) is 1. The molecule has 0 radical (unpaired) electrons. The maximum absolute atomic E-state index is 12.2. The minimum Gasteiger partial charge on any atom is -0.493 e. The number of methoxy groups -OCH3 is 1. The van der Waals surface area contributed by atoms with Crippen molar-refractivity contribution >= 4 is 45.7 Å². The van der Waals surface area contributed by atoms with E-state index in [4.69, 9.17) is 15.2 Å². The molecule has 172 valence electrons. The summed E-state index contributed by atoms with van der Waals surface area (Å²) >= 11 is 4.70. The number of carbonyl (C=O) groups excluding carboxylic acids is 2. The largest absolute Gasteiger partial charge is 0.493 e. The molecule has 0 saturated carbocycles. The number of halogens is 1. The fraction of sp³-hybridized carbons (Fsp3) is 0.190. The second-order valence-corrected chi connectivity index (χ2v) is 8.48. The fourth-order valence-corrected chi connectivity index (χ4v) is 3.80. The van der Waals surface area contributed by atoms with Crippen molar-refractivity contribution in [2.24, 2.45) is 17.9 Å². The van der Waals surface area contributed by atoms with Gasteiger partial charge in [0, 0.05) is 17.1 Å². The second kappa shape index (κ2) is 11.5. The van der Waals surface area contributed by atoms with Crippen LogP contribution in [0.4, 0.5) is 0 Å². The number of amides is 2. The number of ether oxygens (including phenoxy) is 2. The van der Waals surface area contributed by atoms with Crippen LogP contribution in [0.25, 0.3) is 11.4 Å². The average Bonchev–Trinajstić information content (AvgIpc) is 3.16. The summed E-state index contributed by atoms with van der Waals surface area (Å²) in [6.07, 6.45) is 1.47. The van der Waals surface area contributed by atoms with Gasteiger partial charge in [0.2, 0.25) is 0 Å². The van der Waals surface area contributed by atoms with Crippen molar-refractivity contribution in [3.63, 3.8) is 0 Å². The van der Waals surface area contributed by atoms with Gasteiger partial charge in [0.1, 0.15) is 0 Å². The SMILES string of the molecule is COc1cc(/C=N/NC(=O)CSc2nnc(-c3cccc(Br)c3)n2C)ccc1OCC(N)=O. The molecule has 0 aliphatic heterocycles. The van der Waals surface area contributed by atoms with E-state index >= 15 is 0 Å². The lowest BCUT2D eigenvalue weighted by atomic mass is 10.2. The Bertz CT molecular complexity index is 1180. The van der Waals surface area contributed by atoms with E-state index in [1.54, 1.807) is 18.2 Å². The maximum atomic E-state index is 12.2. The van der Waals surface area contributed by atoms with E-state index in [9.17, 15) is 9.59 Å². The Morgan fingerprint density at radius 3 is 2.79 bits per heavy atom. The molecule has 2 aromatic carbocycles. The number of rotatable bonds is 10. The first-order chi connectivity index (χ1) is 15.9. The molecule has 0 aliphatic carbocycles. The molecule has 0 unspecified atom stereocenters. The quantitative estimate of drug-likeness (QED) is 0.232. The predicted octanol–water partition coefficient (Wildman–Crippen LogP) is 2.36. The Morgan fingerprint density at radius 1 is 1.24 bits per heavy atom. The Hall–Kier alpha value is -3.38. The van der Waals surface area contributed by atoms with E-state index in [1.165, 1.54) is 25.1 Å². The van der Waals surface area contributed by atoms with Gasteiger partial charge in [-0.25, -0.2) is 5.43 Å². The zero-order valence-corrected chi connectivity index (χ0v) is 20.2. The lowest BCUT2D eigenvalue weighted by Gasteiger charge is -2.09. The monoisotopic (exact) mass is 532 g/mol. The van der Waals surface area contributed by atoms with Crippen molar-refractivity contribution in [1.29, 1.82) is 0 Å². The second-order valence-electron chi connectivity index (χ2n) is 6.62. The molecule has 0 spiro atoms. The van der Waals surface area contributed by atoms with Crippen molar-refractivity contribution in [2.45, 2.75) is 5.16 Å². The van der Waals surface area contributed by atoms with Crippen molar-refractivity contribution in [2.75, 3.05) is 19.5 Å². The summed E-state index contributed by atoms with van der Waals surface area (Å²) in [7, 11) is 3.32. The molecule has 1 heterocycles. The Kier molecular flexibility index (Phi) is 8.44.